The van der Waals surface area contributed by atoms with Crippen LogP contribution in [-0.4, -0.2) is 6.10 Å². The summed E-state index contributed by atoms with van der Waals surface area (Å²) >= 11 is 5.96. The van der Waals surface area contributed by atoms with E-state index in [-0.39, 0.29) is 0 Å². The molecule has 0 amide bonds. The molecule has 88 valence electrons. The van der Waals surface area contributed by atoms with Gasteiger partial charge >= 0.3 is 0 Å². The van der Waals surface area contributed by atoms with Crippen LogP contribution < -0.4 is 10.5 Å². The van der Waals surface area contributed by atoms with Crippen LogP contribution in [0.2, 0.25) is 5.02 Å². The van der Waals surface area contributed by atoms with Crippen LogP contribution in [0.5, 0.6) is 5.75 Å². The van der Waals surface area contributed by atoms with Crippen molar-refractivity contribution >= 4 is 17.3 Å². The van der Waals surface area contributed by atoms with Gasteiger partial charge in [-0.25, -0.2) is 0 Å². The van der Waals surface area contributed by atoms with E-state index in [0.29, 0.717) is 16.8 Å². The largest absolute Gasteiger partial charge is 0.488 e. The van der Waals surface area contributed by atoms with Crippen LogP contribution in [0.25, 0.3) is 0 Å². The Kier molecular flexibility index (Phi) is 3.59. The number of rotatable bonds is 2. The Hall–Kier alpha value is -0.890. The van der Waals surface area contributed by atoms with Crippen molar-refractivity contribution in [2.24, 2.45) is 5.92 Å². The molecule has 0 bridgehead atoms. The molecule has 1 aromatic carbocycles. The number of para-hydroxylation sites is 1. The zero-order chi connectivity index (χ0) is 11.5. The average molecular weight is 240 g/mol. The number of nitrogen functional groups attached to an aromatic ring is 1. The second kappa shape index (κ2) is 4.96. The first-order valence-electron chi connectivity index (χ1n) is 5.87. The molecule has 0 saturated heterocycles. The van der Waals surface area contributed by atoms with E-state index in [1.54, 1.807) is 6.07 Å². The summed E-state index contributed by atoms with van der Waals surface area (Å²) in [6.45, 7) is 2.27. The number of hydrogen-bond acceptors (Lipinski definition) is 2. The highest BCUT2D eigenvalue weighted by Crippen LogP contribution is 2.33. The molecule has 2 nitrogen and oxygen atoms in total. The summed E-state index contributed by atoms with van der Waals surface area (Å²) < 4.78 is 5.93. The van der Waals surface area contributed by atoms with Crippen molar-refractivity contribution in [1.29, 1.82) is 0 Å². The van der Waals surface area contributed by atoms with Crippen LogP contribution in [0.4, 0.5) is 5.69 Å². The molecule has 1 saturated carbocycles. The number of anilines is 1. The van der Waals surface area contributed by atoms with Gasteiger partial charge in [0.1, 0.15) is 5.75 Å². The molecule has 0 aromatic heterocycles. The van der Waals surface area contributed by atoms with Crippen molar-refractivity contribution < 1.29 is 4.74 Å². The fourth-order valence-corrected chi connectivity index (χ4v) is 2.45. The Morgan fingerprint density at radius 2 is 2.19 bits per heavy atom. The normalized spacial score (nSPS) is 25.4. The molecule has 2 unspecified atom stereocenters. The molecule has 0 spiro atoms. The van der Waals surface area contributed by atoms with Crippen LogP contribution in [0, 0.1) is 5.92 Å². The lowest BCUT2D eigenvalue weighted by atomic mass is 9.89. The molecule has 0 heterocycles. The van der Waals surface area contributed by atoms with Crippen molar-refractivity contribution in [3.63, 3.8) is 0 Å². The number of nitrogens with two attached hydrogens (primary N) is 1. The lowest BCUT2D eigenvalue weighted by Gasteiger charge is -2.27. The first kappa shape index (κ1) is 11.6. The van der Waals surface area contributed by atoms with Gasteiger partial charge in [-0.2, -0.15) is 0 Å². The third-order valence-corrected chi connectivity index (χ3v) is 3.52. The van der Waals surface area contributed by atoms with E-state index >= 15 is 0 Å². The van der Waals surface area contributed by atoms with Gasteiger partial charge < -0.3 is 10.5 Å². The number of ether oxygens (including phenoxy) is 1. The lowest BCUT2D eigenvalue weighted by Crippen LogP contribution is -2.24. The van der Waals surface area contributed by atoms with E-state index in [1.807, 2.05) is 12.1 Å². The quantitative estimate of drug-likeness (QED) is 0.795. The Morgan fingerprint density at radius 3 is 2.94 bits per heavy atom. The van der Waals surface area contributed by atoms with Crippen molar-refractivity contribution in [2.75, 3.05) is 5.73 Å². The van der Waals surface area contributed by atoms with E-state index in [2.05, 4.69) is 6.92 Å². The molecule has 2 rings (SSSR count). The molecule has 1 aliphatic carbocycles. The summed E-state index contributed by atoms with van der Waals surface area (Å²) in [5, 5.41) is 0.571. The van der Waals surface area contributed by atoms with Gasteiger partial charge in [0.05, 0.1) is 16.8 Å². The number of halogens is 1. The second-order valence-corrected chi connectivity index (χ2v) is 5.07. The molecule has 16 heavy (non-hydrogen) atoms. The molecule has 1 aromatic rings. The van der Waals surface area contributed by atoms with Gasteiger partial charge in [-0.1, -0.05) is 31.0 Å². The van der Waals surface area contributed by atoms with Gasteiger partial charge in [0, 0.05) is 0 Å². The van der Waals surface area contributed by atoms with Gasteiger partial charge in [0.2, 0.25) is 0 Å². The van der Waals surface area contributed by atoms with E-state index < -0.39 is 0 Å². The summed E-state index contributed by atoms with van der Waals surface area (Å²) in [5.41, 5.74) is 6.44. The van der Waals surface area contributed by atoms with E-state index in [9.17, 15) is 0 Å². The van der Waals surface area contributed by atoms with Gasteiger partial charge in [-0.15, -0.1) is 0 Å². The lowest BCUT2D eigenvalue weighted by molar-refractivity contribution is 0.130. The van der Waals surface area contributed by atoms with Gasteiger partial charge in [-0.3, -0.25) is 0 Å². The smallest absolute Gasteiger partial charge is 0.144 e. The summed E-state index contributed by atoms with van der Waals surface area (Å²) in [5.74, 6) is 1.48. The molecule has 3 heteroatoms. The molecular formula is C13H18ClNO. The topological polar surface area (TPSA) is 35.2 Å². The van der Waals surface area contributed by atoms with E-state index in [1.165, 1.54) is 12.8 Å². The summed E-state index contributed by atoms with van der Waals surface area (Å²) in [6, 6.07) is 5.55. The van der Waals surface area contributed by atoms with Crippen LogP contribution >= 0.6 is 11.6 Å². The van der Waals surface area contributed by atoms with Crippen LogP contribution in [0.1, 0.15) is 32.6 Å². The monoisotopic (exact) mass is 239 g/mol. The minimum absolute atomic E-state index is 0.296. The highest BCUT2D eigenvalue weighted by Gasteiger charge is 2.21. The van der Waals surface area contributed by atoms with E-state index in [0.717, 1.165) is 24.5 Å². The fraction of sp³-hybridized carbons (Fsp3) is 0.538. The van der Waals surface area contributed by atoms with Crippen molar-refractivity contribution in [2.45, 2.75) is 38.7 Å². The van der Waals surface area contributed by atoms with Crippen LogP contribution in [-0.2, 0) is 0 Å². The molecule has 0 aliphatic heterocycles. The summed E-state index contributed by atoms with van der Waals surface area (Å²) in [6.07, 6.45) is 5.09. The molecule has 2 N–H and O–H groups in total. The molecular weight excluding hydrogens is 222 g/mol. The zero-order valence-corrected chi connectivity index (χ0v) is 10.3. The van der Waals surface area contributed by atoms with Crippen molar-refractivity contribution in [3.05, 3.63) is 23.2 Å². The average Bonchev–Trinajstić information content (AvgIpc) is 2.25. The second-order valence-electron chi connectivity index (χ2n) is 4.66. The van der Waals surface area contributed by atoms with Crippen molar-refractivity contribution in [1.82, 2.24) is 0 Å². The maximum atomic E-state index is 5.96. The van der Waals surface area contributed by atoms with Crippen molar-refractivity contribution in [3.8, 4) is 5.75 Å². The third kappa shape index (κ3) is 2.62. The minimum atomic E-state index is 0.296. The van der Waals surface area contributed by atoms with Gasteiger partial charge in [0.15, 0.2) is 0 Å². The Labute approximate surface area is 102 Å². The van der Waals surface area contributed by atoms with E-state index in [4.69, 9.17) is 22.1 Å². The van der Waals surface area contributed by atoms with Crippen LogP contribution in [0.15, 0.2) is 18.2 Å². The maximum Gasteiger partial charge on any atom is 0.144 e. The molecule has 1 fully saturated rings. The number of benzene rings is 1. The first-order valence-corrected chi connectivity index (χ1v) is 6.25. The highest BCUT2D eigenvalue weighted by atomic mass is 35.5. The maximum absolute atomic E-state index is 5.96. The fourth-order valence-electron chi connectivity index (χ4n) is 2.29. The highest BCUT2D eigenvalue weighted by molar-refractivity contribution is 6.33. The predicted molar refractivity (Wildman–Crippen MR) is 67.9 cm³/mol. The Balaban J connectivity index is 2.05. The van der Waals surface area contributed by atoms with Gasteiger partial charge in [-0.05, 0) is 37.3 Å². The summed E-state index contributed by atoms with van der Waals surface area (Å²) in [4.78, 5) is 0. The number of hydrogen-bond donors (Lipinski definition) is 1. The first-order chi connectivity index (χ1) is 7.66. The minimum Gasteiger partial charge on any atom is -0.488 e. The van der Waals surface area contributed by atoms with Gasteiger partial charge in [0.25, 0.3) is 0 Å². The zero-order valence-electron chi connectivity index (χ0n) is 9.58. The molecule has 0 radical (unpaired) electrons. The predicted octanol–water partition coefficient (Wildman–Crippen LogP) is 3.88. The molecule has 2 atom stereocenters. The third-order valence-electron chi connectivity index (χ3n) is 3.19. The van der Waals surface area contributed by atoms with Crippen LogP contribution in [0.3, 0.4) is 0 Å². The Bertz CT molecular complexity index is 367. The Morgan fingerprint density at radius 1 is 1.38 bits per heavy atom. The standard InChI is InChI=1S/C13H18ClNO/c1-9-4-2-5-10(8-9)16-12-7-3-6-11(14)13(12)15/h3,6-7,9-10H,2,4-5,8,15H2,1H3. The SMILES string of the molecule is CC1CCCC(Oc2cccc(Cl)c2N)C1. The molecule has 1 aliphatic rings. The summed E-state index contributed by atoms with van der Waals surface area (Å²) in [7, 11) is 0.